The Hall–Kier alpha value is -2.09. The molecule has 0 unspecified atom stereocenters. The maximum absolute atomic E-state index is 5.73. The highest BCUT2D eigenvalue weighted by molar-refractivity contribution is 7.09. The lowest BCUT2D eigenvalue weighted by Crippen LogP contribution is -2.31. The molecule has 0 atom stereocenters. The number of nitrogens with two attached hydrogens (primary N) is 1. The van der Waals surface area contributed by atoms with Crippen molar-refractivity contribution in [1.82, 2.24) is 20.3 Å². The van der Waals surface area contributed by atoms with Crippen molar-refractivity contribution in [3.05, 3.63) is 46.0 Å². The summed E-state index contributed by atoms with van der Waals surface area (Å²) in [4.78, 5) is 17.3. The molecule has 0 fully saturated rings. The average Bonchev–Trinajstić information content (AvgIpc) is 3.13. The molecular weight excluding hydrogens is 332 g/mol. The van der Waals surface area contributed by atoms with Crippen LogP contribution in [0.25, 0.3) is 10.9 Å². The third kappa shape index (κ3) is 4.31. The smallest absolute Gasteiger partial charge is 0.226 e. The number of anilines is 1. The van der Waals surface area contributed by atoms with Gasteiger partial charge >= 0.3 is 0 Å². The SMILES string of the molecule is CCN(CCN)c1nc(CNCc2cccs2)c2cc(C)ncc2n1. The summed E-state index contributed by atoms with van der Waals surface area (Å²) in [6.45, 7) is 7.74. The fraction of sp³-hybridized carbons (Fsp3) is 0.389. The van der Waals surface area contributed by atoms with Crippen LogP contribution in [-0.2, 0) is 13.1 Å². The molecule has 0 aliphatic carbocycles. The van der Waals surface area contributed by atoms with E-state index in [2.05, 4.69) is 45.7 Å². The second kappa shape index (κ2) is 8.33. The third-order valence-electron chi connectivity index (χ3n) is 4.02. The Kier molecular flexibility index (Phi) is 5.91. The molecule has 0 aliphatic rings. The summed E-state index contributed by atoms with van der Waals surface area (Å²) >= 11 is 1.76. The molecule has 7 heteroatoms. The minimum Gasteiger partial charge on any atom is -0.340 e. The lowest BCUT2D eigenvalue weighted by molar-refractivity contribution is 0.685. The van der Waals surface area contributed by atoms with Crippen LogP contribution in [0.3, 0.4) is 0 Å². The normalized spacial score (nSPS) is 11.2. The van der Waals surface area contributed by atoms with Gasteiger partial charge < -0.3 is 16.0 Å². The van der Waals surface area contributed by atoms with E-state index in [-0.39, 0.29) is 0 Å². The predicted molar refractivity (Wildman–Crippen MR) is 104 cm³/mol. The van der Waals surface area contributed by atoms with Crippen molar-refractivity contribution in [1.29, 1.82) is 0 Å². The number of hydrogen-bond acceptors (Lipinski definition) is 7. The highest BCUT2D eigenvalue weighted by Crippen LogP contribution is 2.20. The Bertz CT molecular complexity index is 818. The summed E-state index contributed by atoms with van der Waals surface area (Å²) in [6.07, 6.45) is 1.83. The van der Waals surface area contributed by atoms with Crippen LogP contribution >= 0.6 is 11.3 Å². The van der Waals surface area contributed by atoms with Crippen LogP contribution in [0.5, 0.6) is 0 Å². The predicted octanol–water partition coefficient (Wildman–Crippen LogP) is 2.47. The number of aryl methyl sites for hydroxylation is 1. The molecular formula is C18H24N6S. The Balaban J connectivity index is 1.90. The first-order valence-electron chi connectivity index (χ1n) is 8.52. The van der Waals surface area contributed by atoms with Crippen LogP contribution in [-0.4, -0.2) is 34.6 Å². The van der Waals surface area contributed by atoms with E-state index in [0.717, 1.165) is 47.9 Å². The monoisotopic (exact) mass is 356 g/mol. The highest BCUT2D eigenvalue weighted by atomic mass is 32.1. The number of aromatic nitrogens is 3. The summed E-state index contributed by atoms with van der Waals surface area (Å²) in [7, 11) is 0. The van der Waals surface area contributed by atoms with E-state index in [1.807, 2.05) is 13.1 Å². The van der Waals surface area contributed by atoms with Gasteiger partial charge in [0.2, 0.25) is 5.95 Å². The first-order chi connectivity index (χ1) is 12.2. The van der Waals surface area contributed by atoms with E-state index in [4.69, 9.17) is 15.7 Å². The van der Waals surface area contributed by atoms with E-state index in [1.54, 1.807) is 11.3 Å². The first kappa shape index (κ1) is 17.7. The van der Waals surface area contributed by atoms with Crippen LogP contribution < -0.4 is 16.0 Å². The van der Waals surface area contributed by atoms with Gasteiger partial charge in [0.1, 0.15) is 0 Å². The topological polar surface area (TPSA) is 80.0 Å². The maximum atomic E-state index is 5.73. The number of pyridine rings is 1. The molecule has 0 aromatic carbocycles. The number of nitrogens with zero attached hydrogens (tertiary/aromatic N) is 4. The number of likely N-dealkylation sites (N-methyl/N-ethyl adjacent to an activating group) is 1. The molecule has 3 N–H and O–H groups in total. The molecule has 0 saturated carbocycles. The number of fused-ring (bicyclic) bond motifs is 1. The Morgan fingerprint density at radius 2 is 2.16 bits per heavy atom. The van der Waals surface area contributed by atoms with Gasteiger partial charge in [-0.15, -0.1) is 11.3 Å². The molecule has 6 nitrogen and oxygen atoms in total. The average molecular weight is 356 g/mol. The minimum absolute atomic E-state index is 0.577. The molecule has 132 valence electrons. The molecule has 0 saturated heterocycles. The van der Waals surface area contributed by atoms with E-state index in [0.29, 0.717) is 13.1 Å². The largest absolute Gasteiger partial charge is 0.340 e. The van der Waals surface area contributed by atoms with Crippen molar-refractivity contribution in [2.45, 2.75) is 26.9 Å². The molecule has 0 amide bonds. The maximum Gasteiger partial charge on any atom is 0.226 e. The van der Waals surface area contributed by atoms with Crippen LogP contribution in [0.1, 0.15) is 23.2 Å². The van der Waals surface area contributed by atoms with Crippen LogP contribution in [0, 0.1) is 6.92 Å². The van der Waals surface area contributed by atoms with Crippen molar-refractivity contribution in [2.24, 2.45) is 5.73 Å². The van der Waals surface area contributed by atoms with Crippen molar-refractivity contribution in [2.75, 3.05) is 24.5 Å². The van der Waals surface area contributed by atoms with Crippen LogP contribution in [0.15, 0.2) is 29.8 Å². The molecule has 0 spiro atoms. The number of thiophene rings is 1. The van der Waals surface area contributed by atoms with Crippen LogP contribution in [0.4, 0.5) is 5.95 Å². The van der Waals surface area contributed by atoms with Crippen molar-refractivity contribution in [3.63, 3.8) is 0 Å². The fourth-order valence-electron chi connectivity index (χ4n) is 2.74. The number of rotatable bonds is 8. The zero-order valence-electron chi connectivity index (χ0n) is 14.7. The molecule has 25 heavy (non-hydrogen) atoms. The van der Waals surface area contributed by atoms with Crippen molar-refractivity contribution < 1.29 is 0 Å². The summed E-state index contributed by atoms with van der Waals surface area (Å²) in [5, 5.41) is 6.64. The molecule has 3 aromatic rings. The molecule has 0 radical (unpaired) electrons. The van der Waals surface area contributed by atoms with Gasteiger partial charge in [-0.1, -0.05) is 6.07 Å². The second-order valence-corrected chi connectivity index (χ2v) is 6.90. The first-order valence-corrected chi connectivity index (χ1v) is 9.40. The van der Waals surface area contributed by atoms with Gasteiger partial charge in [0.25, 0.3) is 0 Å². The van der Waals surface area contributed by atoms with Crippen LogP contribution in [0.2, 0.25) is 0 Å². The molecule has 3 rings (SSSR count). The molecule has 3 aromatic heterocycles. The van der Waals surface area contributed by atoms with Gasteiger partial charge in [0.15, 0.2) is 0 Å². The van der Waals surface area contributed by atoms with Crippen molar-refractivity contribution >= 4 is 28.2 Å². The molecule has 3 heterocycles. The molecule has 0 aliphatic heterocycles. The van der Waals surface area contributed by atoms with Gasteiger partial charge in [0.05, 0.1) is 17.4 Å². The quantitative estimate of drug-likeness (QED) is 0.645. The summed E-state index contributed by atoms with van der Waals surface area (Å²) < 4.78 is 0. The van der Waals surface area contributed by atoms with Gasteiger partial charge in [-0.05, 0) is 31.4 Å². The van der Waals surface area contributed by atoms with Crippen molar-refractivity contribution in [3.8, 4) is 0 Å². The zero-order valence-corrected chi connectivity index (χ0v) is 15.5. The minimum atomic E-state index is 0.577. The zero-order chi connectivity index (χ0) is 17.6. The Morgan fingerprint density at radius 3 is 2.88 bits per heavy atom. The lowest BCUT2D eigenvalue weighted by atomic mass is 10.2. The molecule has 0 bridgehead atoms. The van der Waals surface area contributed by atoms with E-state index in [9.17, 15) is 0 Å². The second-order valence-electron chi connectivity index (χ2n) is 5.86. The summed E-state index contributed by atoms with van der Waals surface area (Å²) in [6, 6.07) is 6.26. The Morgan fingerprint density at radius 1 is 1.28 bits per heavy atom. The van der Waals surface area contributed by atoms with Gasteiger partial charge in [-0.3, -0.25) is 4.98 Å². The summed E-state index contributed by atoms with van der Waals surface area (Å²) in [5.74, 6) is 0.721. The van der Waals surface area contributed by atoms with E-state index in [1.165, 1.54) is 4.88 Å². The van der Waals surface area contributed by atoms with Gasteiger partial charge in [-0.2, -0.15) is 0 Å². The van der Waals surface area contributed by atoms with Gasteiger partial charge in [0, 0.05) is 48.7 Å². The fourth-order valence-corrected chi connectivity index (χ4v) is 3.41. The lowest BCUT2D eigenvalue weighted by Gasteiger charge is -2.21. The number of nitrogens with one attached hydrogen (secondary N) is 1. The highest BCUT2D eigenvalue weighted by Gasteiger charge is 2.13. The van der Waals surface area contributed by atoms with E-state index < -0.39 is 0 Å². The number of hydrogen-bond donors (Lipinski definition) is 2. The standard InChI is InChI=1S/C18H24N6S/c1-3-24(7-6-19)18-22-16(11-20-10-14-5-4-8-25-14)15-9-13(2)21-12-17(15)23-18/h4-5,8-9,12,20H,3,6-7,10-11,19H2,1-2H3. The Labute approximate surface area is 152 Å². The third-order valence-corrected chi connectivity index (χ3v) is 4.90. The summed E-state index contributed by atoms with van der Waals surface area (Å²) in [5.41, 5.74) is 8.57. The van der Waals surface area contributed by atoms with Gasteiger partial charge in [-0.25, -0.2) is 9.97 Å². The van der Waals surface area contributed by atoms with E-state index >= 15 is 0 Å².